The van der Waals surface area contributed by atoms with Crippen LogP contribution in [0.5, 0.6) is 5.75 Å². The molecule has 45 heavy (non-hydrogen) atoms. The highest BCUT2D eigenvalue weighted by molar-refractivity contribution is 5.94. The highest BCUT2D eigenvalue weighted by Gasteiger charge is 2.21. The first-order chi connectivity index (χ1) is 21.3. The van der Waals surface area contributed by atoms with Gasteiger partial charge >= 0.3 is 18.0 Å². The largest absolute Gasteiger partial charge is 0.489 e. The number of ether oxygens (including phenoxy) is 3. The predicted octanol–water partition coefficient (Wildman–Crippen LogP) is 6.36. The number of amides is 1. The van der Waals surface area contributed by atoms with Crippen LogP contribution in [0, 0.1) is 5.92 Å². The summed E-state index contributed by atoms with van der Waals surface area (Å²) in [6, 6.07) is 19.6. The zero-order valence-corrected chi connectivity index (χ0v) is 26.2. The number of aliphatic carboxylic acids is 1. The third-order valence-corrected chi connectivity index (χ3v) is 6.86. The van der Waals surface area contributed by atoms with Crippen molar-refractivity contribution in [1.29, 1.82) is 0 Å². The van der Waals surface area contributed by atoms with E-state index >= 15 is 0 Å². The molecule has 0 bridgehead atoms. The van der Waals surface area contributed by atoms with Crippen LogP contribution in [0.25, 0.3) is 22.1 Å². The Hall–Kier alpha value is -4.83. The van der Waals surface area contributed by atoms with Crippen LogP contribution in [0.2, 0.25) is 0 Å². The average molecular weight is 617 g/mol. The summed E-state index contributed by atoms with van der Waals surface area (Å²) in [5.74, 6) is -0.594. The third-order valence-electron chi connectivity index (χ3n) is 6.86. The maximum atomic E-state index is 12.4. The molecule has 1 aromatic heterocycles. The number of carboxylic acids is 1. The Morgan fingerprint density at radius 1 is 0.956 bits per heavy atom. The van der Waals surface area contributed by atoms with Gasteiger partial charge in [0.25, 0.3) is 0 Å². The molecule has 0 aliphatic carbocycles. The van der Waals surface area contributed by atoms with Crippen LogP contribution in [-0.4, -0.2) is 34.8 Å². The van der Waals surface area contributed by atoms with Crippen LogP contribution in [-0.2, 0) is 45.2 Å². The number of furan rings is 1. The van der Waals surface area contributed by atoms with Crippen molar-refractivity contribution in [3.8, 4) is 16.9 Å². The summed E-state index contributed by atoms with van der Waals surface area (Å²) in [6.45, 7) is 9.44. The molecule has 0 saturated carbocycles. The summed E-state index contributed by atoms with van der Waals surface area (Å²) in [6.07, 6.45) is -0.672. The average Bonchev–Trinajstić information content (AvgIpc) is 3.39. The number of carbonyl (C=O) groups excluding carboxylic acids is 2. The molecule has 0 aliphatic heterocycles. The number of rotatable bonds is 12. The van der Waals surface area contributed by atoms with Crippen LogP contribution in [0.4, 0.5) is 4.79 Å². The van der Waals surface area contributed by atoms with Crippen LogP contribution in [0.15, 0.2) is 71.1 Å². The molecule has 0 aliphatic rings. The Morgan fingerprint density at radius 2 is 1.71 bits per heavy atom. The summed E-state index contributed by atoms with van der Waals surface area (Å²) < 4.78 is 23.1. The number of hydrogen-bond donors (Lipinski definition) is 3. The zero-order valence-electron chi connectivity index (χ0n) is 26.2. The fourth-order valence-corrected chi connectivity index (χ4v) is 4.60. The number of nitrogens with one attached hydrogen (secondary N) is 1. The van der Waals surface area contributed by atoms with Crippen LogP contribution in [0.3, 0.4) is 0 Å². The van der Waals surface area contributed by atoms with Gasteiger partial charge in [0.1, 0.15) is 41.9 Å². The number of carboxylic acid groups (broad SMARTS) is 1. The first-order valence-corrected chi connectivity index (χ1v) is 14.8. The number of carbonyl (C=O) groups is 3. The Balaban J connectivity index is 1.65. The molecule has 1 heterocycles. The van der Waals surface area contributed by atoms with Crippen molar-refractivity contribution in [2.75, 3.05) is 0 Å². The molecule has 0 fully saturated rings. The van der Waals surface area contributed by atoms with E-state index in [1.807, 2.05) is 56.3 Å². The minimum Gasteiger partial charge on any atom is -0.489 e. The van der Waals surface area contributed by atoms with Gasteiger partial charge in [0, 0.05) is 23.1 Å². The summed E-state index contributed by atoms with van der Waals surface area (Å²) >= 11 is 0. The second-order valence-electron chi connectivity index (χ2n) is 12.2. The van der Waals surface area contributed by atoms with Crippen molar-refractivity contribution in [2.45, 2.75) is 72.4 Å². The zero-order chi connectivity index (χ0) is 32.7. The lowest BCUT2D eigenvalue weighted by atomic mass is 9.99. The van der Waals surface area contributed by atoms with Crippen molar-refractivity contribution < 1.29 is 38.1 Å². The second kappa shape index (κ2) is 14.3. The van der Waals surface area contributed by atoms with Gasteiger partial charge in [-0.05, 0) is 73.7 Å². The van der Waals surface area contributed by atoms with Gasteiger partial charge in [-0.1, -0.05) is 50.2 Å². The number of nitrogens with two attached hydrogens (primary N) is 1. The Kier molecular flexibility index (Phi) is 10.5. The predicted molar refractivity (Wildman–Crippen MR) is 169 cm³/mol. The topological polar surface area (TPSA) is 150 Å². The maximum Gasteiger partial charge on any atom is 0.407 e. The summed E-state index contributed by atoms with van der Waals surface area (Å²) in [4.78, 5) is 36.0. The van der Waals surface area contributed by atoms with E-state index in [1.165, 1.54) is 0 Å². The molecule has 1 amide bonds. The monoisotopic (exact) mass is 616 g/mol. The van der Waals surface area contributed by atoms with Gasteiger partial charge in [-0.25, -0.2) is 4.79 Å². The number of fused-ring (bicyclic) bond motifs is 1. The van der Waals surface area contributed by atoms with E-state index < -0.39 is 29.7 Å². The number of para-hydroxylation sites is 1. The molecule has 10 heteroatoms. The van der Waals surface area contributed by atoms with E-state index in [1.54, 1.807) is 45.0 Å². The Morgan fingerprint density at radius 3 is 2.42 bits per heavy atom. The number of hydrogen-bond acceptors (Lipinski definition) is 8. The van der Waals surface area contributed by atoms with Crippen molar-refractivity contribution in [2.24, 2.45) is 11.7 Å². The van der Waals surface area contributed by atoms with Crippen molar-refractivity contribution in [3.63, 3.8) is 0 Å². The molecule has 1 unspecified atom stereocenters. The molecule has 4 aromatic rings. The van der Waals surface area contributed by atoms with E-state index in [-0.39, 0.29) is 32.1 Å². The Bertz CT molecular complexity index is 1670. The maximum absolute atomic E-state index is 12.4. The highest BCUT2D eigenvalue weighted by Crippen LogP contribution is 2.34. The molecule has 1 atom stereocenters. The van der Waals surface area contributed by atoms with Gasteiger partial charge in [0.2, 0.25) is 0 Å². The van der Waals surface area contributed by atoms with Gasteiger partial charge in [-0.2, -0.15) is 0 Å². The first kappa shape index (κ1) is 33.1. The molecule has 0 spiro atoms. The van der Waals surface area contributed by atoms with E-state index in [4.69, 9.17) is 24.4 Å². The normalized spacial score (nSPS) is 12.2. The molecule has 0 saturated heterocycles. The van der Waals surface area contributed by atoms with Gasteiger partial charge in [-0.15, -0.1) is 0 Å². The molecule has 4 rings (SSSR count). The molecular formula is C35H40N2O8. The first-order valence-electron chi connectivity index (χ1n) is 14.8. The lowest BCUT2D eigenvalue weighted by molar-refractivity contribution is -0.148. The van der Waals surface area contributed by atoms with Crippen LogP contribution >= 0.6 is 0 Å². The summed E-state index contributed by atoms with van der Waals surface area (Å²) in [7, 11) is 0. The molecule has 0 radical (unpaired) electrons. The quantitative estimate of drug-likeness (QED) is 0.155. The SMILES string of the molecule is CC(C)C(N)C(=O)OCc1cc2cc(COc3ccccc3CC(=O)O)cc(-c3cccc(CNC(=O)OC(C)(C)C)c3)c2o1. The fourth-order valence-electron chi connectivity index (χ4n) is 4.60. The smallest absolute Gasteiger partial charge is 0.407 e. The second-order valence-corrected chi connectivity index (χ2v) is 12.2. The third kappa shape index (κ3) is 9.33. The summed E-state index contributed by atoms with van der Waals surface area (Å²) in [5.41, 5.74) is 9.74. The van der Waals surface area contributed by atoms with Crippen molar-refractivity contribution in [3.05, 3.63) is 89.2 Å². The van der Waals surface area contributed by atoms with Gasteiger partial charge < -0.3 is 34.8 Å². The van der Waals surface area contributed by atoms with Gasteiger partial charge in [0.15, 0.2) is 0 Å². The molecule has 10 nitrogen and oxygen atoms in total. The summed E-state index contributed by atoms with van der Waals surface area (Å²) in [5, 5.41) is 12.8. The van der Waals surface area contributed by atoms with E-state index in [0.29, 0.717) is 22.7 Å². The number of esters is 1. The fraction of sp³-hybridized carbons (Fsp3) is 0.343. The number of benzene rings is 3. The van der Waals surface area contributed by atoms with Crippen molar-refractivity contribution in [1.82, 2.24) is 5.32 Å². The molecule has 4 N–H and O–H groups in total. The molecular weight excluding hydrogens is 576 g/mol. The van der Waals surface area contributed by atoms with E-state index in [0.717, 1.165) is 27.6 Å². The lowest BCUT2D eigenvalue weighted by Gasteiger charge is -2.19. The van der Waals surface area contributed by atoms with E-state index in [2.05, 4.69) is 5.32 Å². The lowest BCUT2D eigenvalue weighted by Crippen LogP contribution is -2.36. The minimum absolute atomic E-state index is 0.0694. The van der Waals surface area contributed by atoms with Gasteiger partial charge in [0.05, 0.1) is 6.42 Å². The van der Waals surface area contributed by atoms with E-state index in [9.17, 15) is 19.5 Å². The molecule has 3 aromatic carbocycles. The number of alkyl carbamates (subject to hydrolysis) is 1. The van der Waals surface area contributed by atoms with Crippen molar-refractivity contribution >= 4 is 29.0 Å². The minimum atomic E-state index is -0.947. The van der Waals surface area contributed by atoms with Crippen LogP contribution < -0.4 is 15.8 Å². The Labute approximate surface area is 262 Å². The standard InChI is InChI=1S/C35H40N2O8/c1-21(2)31(36)33(40)43-20-27-16-26-14-23(19-42-29-12-7-6-10-25(29)17-30(38)39)15-28(32(26)44-27)24-11-8-9-22(13-24)18-37-34(41)45-35(3,4)5/h6-16,21,31H,17-20,36H2,1-5H3,(H,37,41)(H,38,39). The highest BCUT2D eigenvalue weighted by atomic mass is 16.6. The van der Waals surface area contributed by atoms with Crippen LogP contribution in [0.1, 0.15) is 57.1 Å². The van der Waals surface area contributed by atoms with Gasteiger partial charge in [-0.3, -0.25) is 9.59 Å². The molecule has 238 valence electrons.